The van der Waals surface area contributed by atoms with Gasteiger partial charge in [0.05, 0.1) is 4.90 Å². The van der Waals surface area contributed by atoms with Crippen LogP contribution < -0.4 is 10.0 Å². The van der Waals surface area contributed by atoms with Crippen molar-refractivity contribution in [2.45, 2.75) is 50.6 Å². The maximum Gasteiger partial charge on any atom is 0.240 e. The van der Waals surface area contributed by atoms with Gasteiger partial charge >= 0.3 is 0 Å². The largest absolute Gasteiger partial charge is 0.316 e. The number of nitrogens with one attached hydrogen (secondary N) is 2. The smallest absolute Gasteiger partial charge is 0.240 e. The van der Waals surface area contributed by atoms with Gasteiger partial charge in [-0.05, 0) is 50.4 Å². The van der Waals surface area contributed by atoms with E-state index in [9.17, 15) is 12.8 Å². The van der Waals surface area contributed by atoms with Gasteiger partial charge < -0.3 is 5.32 Å². The van der Waals surface area contributed by atoms with Gasteiger partial charge in [0.15, 0.2) is 0 Å². The second kappa shape index (κ2) is 6.42. The minimum absolute atomic E-state index is 0.0203. The summed E-state index contributed by atoms with van der Waals surface area (Å²) in [4.78, 5) is 0.144. The molecule has 0 amide bonds. The maximum atomic E-state index is 14.0. The monoisotopic (exact) mass is 314 g/mol. The number of rotatable bonds is 5. The Balaban J connectivity index is 2.31. The molecule has 2 rings (SSSR count). The van der Waals surface area contributed by atoms with Gasteiger partial charge in [-0.25, -0.2) is 17.5 Å². The van der Waals surface area contributed by atoms with Crippen LogP contribution in [-0.2, 0) is 16.6 Å². The molecule has 0 aromatic heterocycles. The standard InChI is InChI=1S/C15H23FN2O2S/c1-10-5-4-6-14(10)18-21(19,20)13-7-11(2)15(16)12(8-13)9-17-3/h7-8,10,14,17-18H,4-6,9H2,1-3H3. The molecule has 2 atom stereocenters. The molecular formula is C15H23FN2O2S. The molecule has 1 aliphatic carbocycles. The highest BCUT2D eigenvalue weighted by Crippen LogP contribution is 2.27. The topological polar surface area (TPSA) is 58.2 Å². The van der Waals surface area contributed by atoms with Crippen LogP contribution in [0.4, 0.5) is 4.39 Å². The summed E-state index contributed by atoms with van der Waals surface area (Å²) in [5, 5.41) is 2.86. The Kier molecular flexibility index (Phi) is 5.01. The Morgan fingerprint density at radius 2 is 2.05 bits per heavy atom. The lowest BCUT2D eigenvalue weighted by Crippen LogP contribution is -2.36. The summed E-state index contributed by atoms with van der Waals surface area (Å²) in [5.74, 6) is -0.00404. The number of halogens is 1. The van der Waals surface area contributed by atoms with Crippen LogP contribution in [0.2, 0.25) is 0 Å². The Morgan fingerprint density at radius 3 is 2.62 bits per heavy atom. The summed E-state index contributed by atoms with van der Waals surface area (Å²) in [5.41, 5.74) is 0.722. The average molecular weight is 314 g/mol. The molecule has 2 N–H and O–H groups in total. The van der Waals surface area contributed by atoms with Gasteiger partial charge in [-0.15, -0.1) is 0 Å². The molecule has 0 bridgehead atoms. The van der Waals surface area contributed by atoms with Gasteiger partial charge in [0.2, 0.25) is 10.0 Å². The minimum atomic E-state index is -3.60. The Bertz CT molecular complexity index is 616. The molecule has 1 saturated carbocycles. The highest BCUT2D eigenvalue weighted by Gasteiger charge is 2.28. The number of hydrogen-bond acceptors (Lipinski definition) is 3. The fourth-order valence-electron chi connectivity index (χ4n) is 2.87. The molecule has 118 valence electrons. The van der Waals surface area contributed by atoms with Gasteiger partial charge in [-0.3, -0.25) is 0 Å². The highest BCUT2D eigenvalue weighted by atomic mass is 32.2. The highest BCUT2D eigenvalue weighted by molar-refractivity contribution is 7.89. The third-order valence-corrected chi connectivity index (χ3v) is 5.62. The minimum Gasteiger partial charge on any atom is -0.316 e. The second-order valence-corrected chi connectivity index (χ2v) is 7.59. The fourth-order valence-corrected chi connectivity index (χ4v) is 4.38. The molecule has 4 nitrogen and oxygen atoms in total. The van der Waals surface area contributed by atoms with Crippen molar-refractivity contribution < 1.29 is 12.8 Å². The van der Waals surface area contributed by atoms with Crippen molar-refractivity contribution in [3.05, 3.63) is 29.1 Å². The van der Waals surface area contributed by atoms with Crippen LogP contribution in [0.5, 0.6) is 0 Å². The first-order valence-corrected chi connectivity index (χ1v) is 8.79. The fraction of sp³-hybridized carbons (Fsp3) is 0.600. The van der Waals surface area contributed by atoms with Crippen molar-refractivity contribution >= 4 is 10.0 Å². The molecule has 6 heteroatoms. The molecule has 1 aromatic carbocycles. The molecule has 21 heavy (non-hydrogen) atoms. The summed E-state index contributed by atoms with van der Waals surface area (Å²) in [6.07, 6.45) is 2.95. The van der Waals surface area contributed by atoms with E-state index in [1.54, 1.807) is 14.0 Å². The van der Waals surface area contributed by atoms with Crippen molar-refractivity contribution in [3.8, 4) is 0 Å². The zero-order valence-electron chi connectivity index (χ0n) is 12.7. The summed E-state index contributed by atoms with van der Waals surface area (Å²) in [7, 11) is -1.90. The van der Waals surface area contributed by atoms with Crippen LogP contribution in [0, 0.1) is 18.7 Å². The molecule has 0 spiro atoms. The second-order valence-electron chi connectivity index (χ2n) is 5.88. The number of hydrogen-bond donors (Lipinski definition) is 2. The number of sulfonamides is 1. The third-order valence-electron chi connectivity index (χ3n) is 4.15. The summed E-state index contributed by atoms with van der Waals surface area (Å²) in [6, 6.07) is 2.80. The molecule has 1 fully saturated rings. The molecule has 0 saturated heterocycles. The van der Waals surface area contributed by atoms with Gasteiger partial charge in [0.25, 0.3) is 0 Å². The van der Waals surface area contributed by atoms with Crippen LogP contribution in [0.3, 0.4) is 0 Å². The summed E-state index contributed by atoms with van der Waals surface area (Å²) < 4.78 is 41.7. The van der Waals surface area contributed by atoms with E-state index >= 15 is 0 Å². The molecule has 1 aliphatic rings. The molecule has 0 radical (unpaired) electrons. The van der Waals surface area contributed by atoms with Crippen LogP contribution in [0.25, 0.3) is 0 Å². The van der Waals surface area contributed by atoms with Gasteiger partial charge in [-0.2, -0.15) is 0 Å². The van der Waals surface area contributed by atoms with Crippen LogP contribution in [0.1, 0.15) is 37.3 Å². The molecule has 1 aromatic rings. The van der Waals surface area contributed by atoms with E-state index in [0.717, 1.165) is 19.3 Å². The molecule has 2 unspecified atom stereocenters. The Hall–Kier alpha value is -0.980. The quantitative estimate of drug-likeness (QED) is 0.877. The van der Waals surface area contributed by atoms with E-state index in [4.69, 9.17) is 0 Å². The predicted octanol–water partition coefficient (Wildman–Crippen LogP) is 2.32. The van der Waals surface area contributed by atoms with E-state index in [1.807, 2.05) is 0 Å². The average Bonchev–Trinajstić information content (AvgIpc) is 2.80. The van der Waals surface area contributed by atoms with Crippen molar-refractivity contribution in [3.63, 3.8) is 0 Å². The zero-order chi connectivity index (χ0) is 15.6. The molecular weight excluding hydrogens is 291 g/mol. The number of aryl methyl sites for hydroxylation is 1. The Morgan fingerprint density at radius 1 is 1.33 bits per heavy atom. The lowest BCUT2D eigenvalue weighted by Gasteiger charge is -2.18. The molecule has 0 aliphatic heterocycles. The van der Waals surface area contributed by atoms with Crippen LogP contribution in [-0.4, -0.2) is 21.5 Å². The van der Waals surface area contributed by atoms with E-state index in [1.165, 1.54) is 12.1 Å². The predicted molar refractivity (Wildman–Crippen MR) is 81.0 cm³/mol. The third kappa shape index (κ3) is 3.62. The first-order chi connectivity index (χ1) is 9.85. The SMILES string of the molecule is CNCc1cc(S(=O)(=O)NC2CCCC2C)cc(C)c1F. The van der Waals surface area contributed by atoms with E-state index in [0.29, 0.717) is 23.6 Å². The molecule has 0 heterocycles. The first kappa shape index (κ1) is 16.4. The van der Waals surface area contributed by atoms with Gasteiger partial charge in [0, 0.05) is 18.2 Å². The number of benzene rings is 1. The Labute approximate surface area is 126 Å². The van der Waals surface area contributed by atoms with E-state index in [-0.39, 0.29) is 16.8 Å². The summed E-state index contributed by atoms with van der Waals surface area (Å²) in [6.45, 7) is 3.95. The maximum absolute atomic E-state index is 14.0. The lowest BCUT2D eigenvalue weighted by atomic mass is 10.1. The van der Waals surface area contributed by atoms with E-state index in [2.05, 4.69) is 17.0 Å². The lowest BCUT2D eigenvalue weighted by molar-refractivity contribution is 0.476. The van der Waals surface area contributed by atoms with Crippen molar-refractivity contribution in [2.75, 3.05) is 7.05 Å². The van der Waals surface area contributed by atoms with Crippen LogP contribution in [0.15, 0.2) is 17.0 Å². The van der Waals surface area contributed by atoms with E-state index < -0.39 is 10.0 Å². The zero-order valence-corrected chi connectivity index (χ0v) is 13.6. The van der Waals surface area contributed by atoms with Crippen molar-refractivity contribution in [1.29, 1.82) is 0 Å². The summed E-state index contributed by atoms with van der Waals surface area (Å²) >= 11 is 0. The van der Waals surface area contributed by atoms with Crippen molar-refractivity contribution in [1.82, 2.24) is 10.0 Å². The first-order valence-electron chi connectivity index (χ1n) is 7.31. The normalized spacial score (nSPS) is 22.7. The van der Waals surface area contributed by atoms with Crippen molar-refractivity contribution in [2.24, 2.45) is 5.92 Å². The van der Waals surface area contributed by atoms with Gasteiger partial charge in [-0.1, -0.05) is 13.3 Å². The van der Waals surface area contributed by atoms with Crippen LogP contribution >= 0.6 is 0 Å². The van der Waals surface area contributed by atoms with Gasteiger partial charge in [0.1, 0.15) is 5.82 Å².